The summed E-state index contributed by atoms with van der Waals surface area (Å²) < 4.78 is 26.1. The average molecular weight is 285 g/mol. The van der Waals surface area contributed by atoms with Crippen LogP contribution in [0.15, 0.2) is 36.4 Å². The Bertz CT molecular complexity index is 747. The van der Waals surface area contributed by atoms with Gasteiger partial charge in [0.05, 0.1) is 6.07 Å². The van der Waals surface area contributed by atoms with Crippen LogP contribution >= 0.6 is 0 Å². The number of hydrogen-bond donors (Lipinski definition) is 0. The minimum absolute atomic E-state index is 0.0151. The van der Waals surface area contributed by atoms with Gasteiger partial charge in [-0.15, -0.1) is 0 Å². The van der Waals surface area contributed by atoms with E-state index in [9.17, 15) is 18.8 Å². The summed E-state index contributed by atoms with van der Waals surface area (Å²) in [7, 11) is 0. The molecule has 21 heavy (non-hydrogen) atoms. The van der Waals surface area contributed by atoms with Crippen molar-refractivity contribution in [2.75, 3.05) is 0 Å². The minimum Gasteiger partial charge on any atom is -0.292 e. The van der Waals surface area contributed by atoms with E-state index in [1.165, 1.54) is 6.07 Å². The third kappa shape index (κ3) is 2.97. The monoisotopic (exact) mass is 285 g/mol. The van der Waals surface area contributed by atoms with Crippen molar-refractivity contribution in [1.29, 1.82) is 5.26 Å². The molecule has 2 nitrogen and oxygen atoms in total. The van der Waals surface area contributed by atoms with E-state index in [1.54, 1.807) is 12.1 Å². The second-order valence-electron chi connectivity index (χ2n) is 4.90. The molecule has 0 radical (unpaired) electrons. The van der Waals surface area contributed by atoms with Gasteiger partial charge in [0.1, 0.15) is 5.92 Å². The van der Waals surface area contributed by atoms with Gasteiger partial charge in [0.2, 0.25) is 0 Å². The van der Waals surface area contributed by atoms with Crippen LogP contribution < -0.4 is 0 Å². The van der Waals surface area contributed by atoms with Crippen molar-refractivity contribution in [2.24, 2.45) is 0 Å². The van der Waals surface area contributed by atoms with E-state index < -0.39 is 23.3 Å². The molecular formula is C17H13F2NO. The van der Waals surface area contributed by atoms with E-state index >= 15 is 0 Å². The lowest BCUT2D eigenvalue weighted by Gasteiger charge is -2.11. The van der Waals surface area contributed by atoms with Crippen LogP contribution in [0.1, 0.15) is 33.0 Å². The second kappa shape index (κ2) is 5.84. The van der Waals surface area contributed by atoms with Gasteiger partial charge in [0.25, 0.3) is 0 Å². The van der Waals surface area contributed by atoms with Crippen LogP contribution in [0.4, 0.5) is 8.78 Å². The summed E-state index contributed by atoms with van der Waals surface area (Å²) in [4.78, 5) is 12.3. The van der Waals surface area contributed by atoms with Crippen molar-refractivity contribution in [3.63, 3.8) is 0 Å². The third-order valence-electron chi connectivity index (χ3n) is 3.46. The molecular weight excluding hydrogens is 272 g/mol. The molecule has 1 unspecified atom stereocenters. The number of rotatable bonds is 3. The van der Waals surface area contributed by atoms with E-state index in [1.807, 2.05) is 26.0 Å². The van der Waals surface area contributed by atoms with Crippen molar-refractivity contribution in [1.82, 2.24) is 0 Å². The molecule has 0 amide bonds. The Morgan fingerprint density at radius 2 is 1.76 bits per heavy atom. The summed E-state index contributed by atoms with van der Waals surface area (Å²) in [6.45, 7) is 3.81. The lowest BCUT2D eigenvalue weighted by Crippen LogP contribution is -2.12. The van der Waals surface area contributed by atoms with Gasteiger partial charge in [-0.05, 0) is 48.7 Å². The summed E-state index contributed by atoms with van der Waals surface area (Å²) in [5.74, 6) is -3.70. The minimum atomic E-state index is -1.10. The standard InChI is InChI=1S/C17H13F2NO/c1-10-3-4-12(7-11(10)2)14(9-20)17(21)13-5-6-15(18)16(19)8-13/h3-8,14H,1-2H3. The zero-order chi connectivity index (χ0) is 15.6. The normalized spacial score (nSPS) is 11.8. The van der Waals surface area contributed by atoms with Crippen LogP contribution in [0.3, 0.4) is 0 Å². The number of carbonyl (C=O) groups excluding carboxylic acids is 1. The van der Waals surface area contributed by atoms with Gasteiger partial charge in [0.15, 0.2) is 17.4 Å². The molecule has 0 aromatic heterocycles. The smallest absolute Gasteiger partial charge is 0.184 e. The molecule has 2 aromatic carbocycles. The number of nitriles is 1. The van der Waals surface area contributed by atoms with Crippen LogP contribution in [0.2, 0.25) is 0 Å². The quantitative estimate of drug-likeness (QED) is 0.797. The topological polar surface area (TPSA) is 40.9 Å². The van der Waals surface area contributed by atoms with Crippen molar-refractivity contribution >= 4 is 5.78 Å². The fourth-order valence-electron chi connectivity index (χ4n) is 2.04. The number of hydrogen-bond acceptors (Lipinski definition) is 2. The molecule has 0 bridgehead atoms. The number of ketones is 1. The molecule has 0 aliphatic heterocycles. The maximum absolute atomic E-state index is 13.2. The lowest BCUT2D eigenvalue weighted by molar-refractivity contribution is 0.0978. The van der Waals surface area contributed by atoms with E-state index in [2.05, 4.69) is 0 Å². The van der Waals surface area contributed by atoms with Crippen molar-refractivity contribution in [2.45, 2.75) is 19.8 Å². The van der Waals surface area contributed by atoms with Crippen LogP contribution in [0.5, 0.6) is 0 Å². The van der Waals surface area contributed by atoms with E-state index in [-0.39, 0.29) is 5.56 Å². The number of halogens is 2. The van der Waals surface area contributed by atoms with Gasteiger partial charge in [0, 0.05) is 5.56 Å². The highest BCUT2D eigenvalue weighted by Crippen LogP contribution is 2.23. The zero-order valence-corrected chi connectivity index (χ0v) is 11.7. The highest BCUT2D eigenvalue weighted by atomic mass is 19.2. The molecule has 0 spiro atoms. The summed E-state index contributed by atoms with van der Waals surface area (Å²) in [6, 6.07) is 10.1. The molecule has 4 heteroatoms. The maximum Gasteiger partial charge on any atom is 0.184 e. The number of carbonyl (C=O) groups is 1. The fraction of sp³-hybridized carbons (Fsp3) is 0.176. The first-order chi connectivity index (χ1) is 9.93. The number of benzene rings is 2. The molecule has 1 atom stereocenters. The first kappa shape index (κ1) is 14.9. The van der Waals surface area contributed by atoms with Crippen LogP contribution in [0, 0.1) is 36.8 Å². The molecule has 2 aromatic rings. The predicted octanol–water partition coefficient (Wildman–Crippen LogP) is 4.07. The van der Waals surface area contributed by atoms with Crippen LogP contribution in [-0.2, 0) is 0 Å². The number of aryl methyl sites for hydroxylation is 2. The largest absolute Gasteiger partial charge is 0.292 e. The molecule has 2 rings (SSSR count). The number of nitrogens with zero attached hydrogens (tertiary/aromatic N) is 1. The molecule has 0 aliphatic carbocycles. The Labute approximate surface area is 121 Å². The first-order valence-corrected chi connectivity index (χ1v) is 6.40. The second-order valence-corrected chi connectivity index (χ2v) is 4.90. The van der Waals surface area contributed by atoms with Crippen molar-refractivity contribution < 1.29 is 13.6 Å². The summed E-state index contributed by atoms with van der Waals surface area (Å²) in [6.07, 6.45) is 0. The summed E-state index contributed by atoms with van der Waals surface area (Å²) >= 11 is 0. The molecule has 0 N–H and O–H groups in total. The highest BCUT2D eigenvalue weighted by Gasteiger charge is 2.23. The molecule has 0 heterocycles. The van der Waals surface area contributed by atoms with Crippen molar-refractivity contribution in [3.05, 3.63) is 70.3 Å². The van der Waals surface area contributed by atoms with Gasteiger partial charge < -0.3 is 0 Å². The maximum atomic E-state index is 13.2. The Morgan fingerprint density at radius 3 is 2.33 bits per heavy atom. The lowest BCUT2D eigenvalue weighted by atomic mass is 9.90. The average Bonchev–Trinajstić information content (AvgIpc) is 2.46. The van der Waals surface area contributed by atoms with Crippen LogP contribution in [-0.4, -0.2) is 5.78 Å². The van der Waals surface area contributed by atoms with Crippen molar-refractivity contribution in [3.8, 4) is 6.07 Å². The van der Waals surface area contributed by atoms with Gasteiger partial charge in [-0.3, -0.25) is 4.79 Å². The molecule has 0 fully saturated rings. The third-order valence-corrected chi connectivity index (χ3v) is 3.46. The van der Waals surface area contributed by atoms with E-state index in [0.717, 1.165) is 23.3 Å². The Hall–Kier alpha value is -2.54. The summed E-state index contributed by atoms with van der Waals surface area (Å²) in [5, 5.41) is 9.26. The van der Waals surface area contributed by atoms with Gasteiger partial charge in [-0.25, -0.2) is 8.78 Å². The van der Waals surface area contributed by atoms with E-state index in [4.69, 9.17) is 0 Å². The fourth-order valence-corrected chi connectivity index (χ4v) is 2.04. The molecule has 0 saturated carbocycles. The Morgan fingerprint density at radius 1 is 1.05 bits per heavy atom. The Balaban J connectivity index is 2.41. The number of Topliss-reactive ketones (excluding diaryl/α,β-unsaturated/α-hetero) is 1. The SMILES string of the molecule is Cc1ccc(C(C#N)C(=O)c2ccc(F)c(F)c2)cc1C. The summed E-state index contributed by atoms with van der Waals surface area (Å²) in [5.41, 5.74) is 2.55. The molecule has 106 valence electrons. The Kier molecular flexibility index (Phi) is 4.13. The van der Waals surface area contributed by atoms with Gasteiger partial charge in [-0.1, -0.05) is 18.2 Å². The van der Waals surface area contributed by atoms with Gasteiger partial charge >= 0.3 is 0 Å². The highest BCUT2D eigenvalue weighted by molar-refractivity contribution is 6.02. The molecule has 0 aliphatic rings. The van der Waals surface area contributed by atoms with Crippen LogP contribution in [0.25, 0.3) is 0 Å². The first-order valence-electron chi connectivity index (χ1n) is 6.40. The van der Waals surface area contributed by atoms with E-state index in [0.29, 0.717) is 5.56 Å². The molecule has 0 saturated heterocycles. The van der Waals surface area contributed by atoms with Gasteiger partial charge in [-0.2, -0.15) is 5.26 Å². The predicted molar refractivity (Wildman–Crippen MR) is 75.0 cm³/mol. The zero-order valence-electron chi connectivity index (χ0n) is 11.7.